The summed E-state index contributed by atoms with van der Waals surface area (Å²) in [6.07, 6.45) is 5.48. The van der Waals surface area contributed by atoms with Crippen LogP contribution in [0.1, 0.15) is 39.0 Å². The monoisotopic (exact) mass is 297 g/mol. The Labute approximate surface area is 128 Å². The molecule has 0 aromatic carbocycles. The van der Waals surface area contributed by atoms with Crippen molar-refractivity contribution in [2.24, 2.45) is 0 Å². The Kier molecular flexibility index (Phi) is 6.93. The van der Waals surface area contributed by atoms with Crippen LogP contribution < -0.4 is 0 Å². The van der Waals surface area contributed by atoms with Crippen molar-refractivity contribution in [3.05, 3.63) is 0 Å². The van der Waals surface area contributed by atoms with Gasteiger partial charge in [0.25, 0.3) is 0 Å². The van der Waals surface area contributed by atoms with Gasteiger partial charge in [0.15, 0.2) is 0 Å². The molecule has 0 spiro atoms. The summed E-state index contributed by atoms with van der Waals surface area (Å²) in [6.45, 7) is 11.0. The molecule has 2 saturated heterocycles. The number of hydrogen-bond acceptors (Lipinski definition) is 4. The van der Waals surface area contributed by atoms with E-state index in [1.165, 1.54) is 45.3 Å². The van der Waals surface area contributed by atoms with Crippen LogP contribution in [0.5, 0.6) is 0 Å². The van der Waals surface area contributed by atoms with Crippen molar-refractivity contribution in [3.63, 3.8) is 0 Å². The third-order valence-electron chi connectivity index (χ3n) is 4.90. The molecule has 122 valence electrons. The Morgan fingerprint density at radius 3 is 2.38 bits per heavy atom. The van der Waals surface area contributed by atoms with Crippen molar-refractivity contribution in [1.29, 1.82) is 0 Å². The van der Waals surface area contributed by atoms with Crippen LogP contribution in [0.2, 0.25) is 0 Å². The van der Waals surface area contributed by atoms with Crippen LogP contribution in [-0.4, -0.2) is 84.2 Å². The third-order valence-corrected chi connectivity index (χ3v) is 4.90. The topological polar surface area (TPSA) is 47.0 Å². The van der Waals surface area contributed by atoms with Gasteiger partial charge in [0.2, 0.25) is 0 Å². The number of piperazine rings is 1. The molecule has 2 aliphatic heterocycles. The van der Waals surface area contributed by atoms with E-state index in [1.54, 1.807) is 0 Å². The van der Waals surface area contributed by atoms with Crippen molar-refractivity contribution in [3.8, 4) is 0 Å². The minimum Gasteiger partial charge on any atom is -0.481 e. The lowest BCUT2D eigenvalue weighted by Crippen LogP contribution is -2.50. The Balaban J connectivity index is 1.70. The van der Waals surface area contributed by atoms with Gasteiger partial charge in [-0.15, -0.1) is 0 Å². The van der Waals surface area contributed by atoms with Gasteiger partial charge < -0.3 is 14.9 Å². The molecule has 1 N–H and O–H groups in total. The molecule has 2 fully saturated rings. The van der Waals surface area contributed by atoms with E-state index in [9.17, 15) is 4.79 Å². The lowest BCUT2D eigenvalue weighted by atomic mass is 10.1. The van der Waals surface area contributed by atoms with Crippen molar-refractivity contribution >= 4 is 5.97 Å². The maximum atomic E-state index is 10.6. The second kappa shape index (κ2) is 8.71. The highest BCUT2D eigenvalue weighted by Crippen LogP contribution is 2.18. The van der Waals surface area contributed by atoms with E-state index in [0.29, 0.717) is 6.54 Å². The molecule has 1 unspecified atom stereocenters. The summed E-state index contributed by atoms with van der Waals surface area (Å²) in [5, 5.41) is 8.76. The average molecular weight is 297 g/mol. The Hall–Kier alpha value is -0.650. The first-order valence-electron chi connectivity index (χ1n) is 8.59. The van der Waals surface area contributed by atoms with Crippen molar-refractivity contribution < 1.29 is 9.90 Å². The minimum atomic E-state index is -0.683. The van der Waals surface area contributed by atoms with Gasteiger partial charge in [-0.25, -0.2) is 0 Å². The number of nitrogens with zero attached hydrogens (tertiary/aromatic N) is 3. The number of aliphatic carboxylic acids is 1. The van der Waals surface area contributed by atoms with Crippen molar-refractivity contribution in [1.82, 2.24) is 14.7 Å². The van der Waals surface area contributed by atoms with Gasteiger partial charge in [-0.3, -0.25) is 9.69 Å². The van der Waals surface area contributed by atoms with Gasteiger partial charge in [-0.1, -0.05) is 6.92 Å². The summed E-state index contributed by atoms with van der Waals surface area (Å²) in [7, 11) is 0. The largest absolute Gasteiger partial charge is 0.481 e. The third kappa shape index (κ3) is 5.57. The van der Waals surface area contributed by atoms with Crippen LogP contribution in [0.15, 0.2) is 0 Å². The highest BCUT2D eigenvalue weighted by atomic mass is 16.4. The van der Waals surface area contributed by atoms with Crippen LogP contribution in [0.4, 0.5) is 0 Å². The van der Waals surface area contributed by atoms with Crippen LogP contribution in [0, 0.1) is 0 Å². The lowest BCUT2D eigenvalue weighted by Gasteiger charge is -2.39. The van der Waals surface area contributed by atoms with Gasteiger partial charge in [0.05, 0.1) is 6.42 Å². The zero-order valence-electron chi connectivity index (χ0n) is 13.5. The van der Waals surface area contributed by atoms with E-state index in [1.807, 2.05) is 0 Å². The smallest absolute Gasteiger partial charge is 0.304 e. The number of carboxylic acid groups (broad SMARTS) is 1. The summed E-state index contributed by atoms with van der Waals surface area (Å²) in [4.78, 5) is 18.2. The molecule has 2 aliphatic rings. The zero-order valence-corrected chi connectivity index (χ0v) is 13.5. The summed E-state index contributed by atoms with van der Waals surface area (Å²) < 4.78 is 0. The van der Waals surface area contributed by atoms with Gasteiger partial charge in [-0.2, -0.15) is 0 Å². The molecule has 0 aromatic heterocycles. The second-order valence-corrected chi connectivity index (χ2v) is 6.45. The van der Waals surface area contributed by atoms with Gasteiger partial charge in [0.1, 0.15) is 0 Å². The van der Waals surface area contributed by atoms with E-state index in [0.717, 1.165) is 32.2 Å². The number of carbonyl (C=O) groups is 1. The average Bonchev–Trinajstić information content (AvgIpc) is 2.72. The van der Waals surface area contributed by atoms with E-state index in [4.69, 9.17) is 5.11 Å². The molecule has 2 heterocycles. The molecule has 5 nitrogen and oxygen atoms in total. The van der Waals surface area contributed by atoms with E-state index >= 15 is 0 Å². The van der Waals surface area contributed by atoms with E-state index in [2.05, 4.69) is 21.6 Å². The van der Waals surface area contributed by atoms with Crippen molar-refractivity contribution in [2.75, 3.05) is 52.4 Å². The number of hydrogen-bond donors (Lipinski definition) is 1. The lowest BCUT2D eigenvalue weighted by molar-refractivity contribution is -0.137. The van der Waals surface area contributed by atoms with Crippen LogP contribution in [0.3, 0.4) is 0 Å². The first-order valence-corrected chi connectivity index (χ1v) is 8.59. The number of rotatable bonds is 6. The number of carboxylic acids is 1. The summed E-state index contributed by atoms with van der Waals surface area (Å²) >= 11 is 0. The predicted octanol–water partition coefficient (Wildman–Crippen LogP) is 1.34. The normalized spacial score (nSPS) is 26.6. The highest BCUT2D eigenvalue weighted by Gasteiger charge is 2.25. The van der Waals surface area contributed by atoms with Crippen LogP contribution >= 0.6 is 0 Å². The standard InChI is InChI=1S/C16H31N3O2/c1-2-7-17-8-3-4-15(5-9-17)19-13-11-18(12-14-19)10-6-16(20)21/h15H,2-14H2,1H3,(H,20,21). The number of likely N-dealkylation sites (tertiary alicyclic amines) is 1. The Morgan fingerprint density at radius 2 is 1.71 bits per heavy atom. The molecule has 0 amide bonds. The van der Waals surface area contributed by atoms with Crippen LogP contribution in [0.25, 0.3) is 0 Å². The fraction of sp³-hybridized carbons (Fsp3) is 0.938. The van der Waals surface area contributed by atoms with Gasteiger partial charge >= 0.3 is 5.97 Å². The first kappa shape index (κ1) is 16.7. The van der Waals surface area contributed by atoms with E-state index in [-0.39, 0.29) is 6.42 Å². The first-order chi connectivity index (χ1) is 10.2. The fourth-order valence-corrected chi connectivity index (χ4v) is 3.65. The fourth-order valence-electron chi connectivity index (χ4n) is 3.65. The summed E-state index contributed by atoms with van der Waals surface area (Å²) in [6, 6.07) is 0.744. The van der Waals surface area contributed by atoms with Crippen molar-refractivity contribution in [2.45, 2.75) is 45.1 Å². The molecule has 0 radical (unpaired) electrons. The van der Waals surface area contributed by atoms with Gasteiger partial charge in [0, 0.05) is 38.8 Å². The molecule has 2 rings (SSSR count). The Morgan fingerprint density at radius 1 is 1.00 bits per heavy atom. The maximum Gasteiger partial charge on any atom is 0.304 e. The summed E-state index contributed by atoms with van der Waals surface area (Å²) in [5.41, 5.74) is 0. The highest BCUT2D eigenvalue weighted by molar-refractivity contribution is 5.66. The zero-order chi connectivity index (χ0) is 15.1. The SMILES string of the molecule is CCCN1CCCC(N2CCN(CCC(=O)O)CC2)CC1. The summed E-state index contributed by atoms with van der Waals surface area (Å²) in [5.74, 6) is -0.683. The molecule has 0 aliphatic carbocycles. The molecule has 0 aromatic rings. The maximum absolute atomic E-state index is 10.6. The Bertz CT molecular complexity index is 317. The molecular weight excluding hydrogens is 266 g/mol. The minimum absolute atomic E-state index is 0.273. The second-order valence-electron chi connectivity index (χ2n) is 6.45. The quantitative estimate of drug-likeness (QED) is 0.802. The van der Waals surface area contributed by atoms with Crippen LogP contribution in [-0.2, 0) is 4.79 Å². The van der Waals surface area contributed by atoms with Gasteiger partial charge in [-0.05, 0) is 45.3 Å². The molecule has 1 atom stereocenters. The molecular formula is C16H31N3O2. The predicted molar refractivity (Wildman–Crippen MR) is 84.6 cm³/mol. The van der Waals surface area contributed by atoms with E-state index < -0.39 is 5.97 Å². The molecule has 0 bridgehead atoms. The molecule has 0 saturated carbocycles. The molecule has 5 heteroatoms. The molecule has 21 heavy (non-hydrogen) atoms.